The smallest absolute Gasteiger partial charge is 0.188 e. The van der Waals surface area contributed by atoms with Crippen LogP contribution in [0.15, 0.2) is 17.1 Å². The van der Waals surface area contributed by atoms with E-state index in [2.05, 4.69) is 34.3 Å². The number of aryl methyl sites for hydroxylation is 1. The number of thiophene rings is 1. The zero-order chi connectivity index (χ0) is 14.2. The number of guanidine groups is 1. The maximum absolute atomic E-state index is 5.86. The summed E-state index contributed by atoms with van der Waals surface area (Å²) in [6.45, 7) is 8.53. The molecule has 5 nitrogen and oxygen atoms in total. The van der Waals surface area contributed by atoms with Crippen LogP contribution in [0.25, 0.3) is 0 Å². The lowest BCUT2D eigenvalue weighted by atomic mass is 10.3. The van der Waals surface area contributed by atoms with Crippen LogP contribution in [-0.2, 0) is 11.3 Å². The lowest BCUT2D eigenvalue weighted by molar-refractivity contribution is 0.0376. The molecular weight excluding hydrogens is 399 g/mol. The fourth-order valence-electron chi connectivity index (χ4n) is 2.13. The van der Waals surface area contributed by atoms with Gasteiger partial charge in [0.15, 0.2) is 5.96 Å². The van der Waals surface area contributed by atoms with Crippen molar-refractivity contribution in [2.24, 2.45) is 10.7 Å². The number of aliphatic imine (C=N–C) groups is 1. The van der Waals surface area contributed by atoms with E-state index in [0.29, 0.717) is 12.5 Å². The number of halogens is 1. The molecule has 0 unspecified atom stereocenters. The largest absolute Gasteiger partial charge is 0.379 e. The van der Waals surface area contributed by atoms with Crippen molar-refractivity contribution in [1.29, 1.82) is 0 Å². The number of nitrogens with one attached hydrogen (secondary N) is 1. The van der Waals surface area contributed by atoms with E-state index in [4.69, 9.17) is 10.5 Å². The van der Waals surface area contributed by atoms with Gasteiger partial charge in [0.25, 0.3) is 0 Å². The van der Waals surface area contributed by atoms with Crippen LogP contribution in [0.2, 0.25) is 0 Å². The Kier molecular flexibility index (Phi) is 9.21. The Hall–Kier alpha value is -0.380. The minimum absolute atomic E-state index is 0. The first kappa shape index (κ1) is 18.7. The van der Waals surface area contributed by atoms with Gasteiger partial charge >= 0.3 is 0 Å². The molecule has 1 aliphatic heterocycles. The van der Waals surface area contributed by atoms with Crippen molar-refractivity contribution in [3.8, 4) is 0 Å². The summed E-state index contributed by atoms with van der Waals surface area (Å²) in [5, 5.41) is 3.17. The third kappa shape index (κ3) is 7.44. The van der Waals surface area contributed by atoms with Gasteiger partial charge in [0, 0.05) is 29.4 Å². The molecule has 0 bridgehead atoms. The van der Waals surface area contributed by atoms with Gasteiger partial charge in [-0.25, -0.2) is 4.99 Å². The molecule has 1 aromatic heterocycles. The summed E-state index contributed by atoms with van der Waals surface area (Å²) in [5.41, 5.74) is 5.86. The normalized spacial score (nSPS) is 16.5. The molecule has 1 saturated heterocycles. The zero-order valence-electron chi connectivity index (χ0n) is 12.5. The van der Waals surface area contributed by atoms with Crippen molar-refractivity contribution in [1.82, 2.24) is 10.2 Å². The Balaban J connectivity index is 0.00000220. The summed E-state index contributed by atoms with van der Waals surface area (Å²) in [5.74, 6) is 0.540. The highest BCUT2D eigenvalue weighted by Crippen LogP contribution is 2.15. The van der Waals surface area contributed by atoms with Crippen molar-refractivity contribution in [2.75, 3.05) is 39.4 Å². The van der Waals surface area contributed by atoms with Crippen LogP contribution < -0.4 is 11.1 Å². The SMILES string of the molecule is Cc1ccc(CN=C(N)NCCCN2CCOCC2)s1.I. The standard InChI is InChI=1S/C14H24N4OS.HI/c1-12-3-4-13(20-12)11-17-14(15)16-5-2-6-18-7-9-19-10-8-18;/h3-4H,2,5-11H2,1H3,(H3,15,16,17);1H. The third-order valence-electron chi connectivity index (χ3n) is 3.26. The van der Waals surface area contributed by atoms with Crippen LogP contribution >= 0.6 is 35.3 Å². The lowest BCUT2D eigenvalue weighted by Crippen LogP contribution is -2.39. The van der Waals surface area contributed by atoms with Crippen LogP contribution in [0.1, 0.15) is 16.2 Å². The highest BCUT2D eigenvalue weighted by molar-refractivity contribution is 14.0. The second kappa shape index (κ2) is 10.4. The number of morpholine rings is 1. The van der Waals surface area contributed by atoms with Gasteiger partial charge < -0.3 is 15.8 Å². The van der Waals surface area contributed by atoms with E-state index in [0.717, 1.165) is 45.8 Å². The molecule has 120 valence electrons. The topological polar surface area (TPSA) is 62.9 Å². The van der Waals surface area contributed by atoms with Crippen LogP contribution in [0.4, 0.5) is 0 Å². The quantitative estimate of drug-likeness (QED) is 0.317. The first-order valence-corrected chi connectivity index (χ1v) is 7.95. The van der Waals surface area contributed by atoms with E-state index in [1.165, 1.54) is 9.75 Å². The predicted molar refractivity (Wildman–Crippen MR) is 99.7 cm³/mol. The zero-order valence-corrected chi connectivity index (χ0v) is 15.7. The molecule has 0 saturated carbocycles. The number of hydrogen-bond donors (Lipinski definition) is 2. The Morgan fingerprint density at radius 2 is 2.19 bits per heavy atom. The second-order valence-corrected chi connectivity index (χ2v) is 6.32. The van der Waals surface area contributed by atoms with E-state index in [9.17, 15) is 0 Å². The molecule has 7 heteroatoms. The number of ether oxygens (including phenoxy) is 1. The van der Waals surface area contributed by atoms with Crippen molar-refractivity contribution in [3.05, 3.63) is 21.9 Å². The summed E-state index contributed by atoms with van der Waals surface area (Å²) in [6.07, 6.45) is 1.08. The number of hydrogen-bond acceptors (Lipinski definition) is 4. The number of rotatable bonds is 6. The highest BCUT2D eigenvalue weighted by Gasteiger charge is 2.08. The van der Waals surface area contributed by atoms with Crippen LogP contribution in [0, 0.1) is 6.92 Å². The van der Waals surface area contributed by atoms with Gasteiger partial charge in [-0.3, -0.25) is 4.90 Å². The first-order valence-electron chi connectivity index (χ1n) is 7.13. The molecule has 0 spiro atoms. The maximum atomic E-state index is 5.86. The molecule has 2 rings (SSSR count). The van der Waals surface area contributed by atoms with Crippen molar-refractivity contribution < 1.29 is 4.74 Å². The molecule has 0 radical (unpaired) electrons. The third-order valence-corrected chi connectivity index (χ3v) is 4.25. The number of nitrogens with two attached hydrogens (primary N) is 1. The molecule has 0 atom stereocenters. The Labute approximate surface area is 148 Å². The molecule has 0 amide bonds. The minimum Gasteiger partial charge on any atom is -0.379 e. The van der Waals surface area contributed by atoms with Crippen LogP contribution in [0.5, 0.6) is 0 Å². The molecule has 21 heavy (non-hydrogen) atoms. The monoisotopic (exact) mass is 424 g/mol. The molecule has 1 fully saturated rings. The minimum atomic E-state index is 0. The van der Waals surface area contributed by atoms with Crippen molar-refractivity contribution in [2.45, 2.75) is 19.9 Å². The summed E-state index contributed by atoms with van der Waals surface area (Å²) >= 11 is 1.77. The van der Waals surface area contributed by atoms with E-state index < -0.39 is 0 Å². The average molecular weight is 424 g/mol. The number of nitrogens with zero attached hydrogens (tertiary/aromatic N) is 2. The summed E-state index contributed by atoms with van der Waals surface area (Å²) in [7, 11) is 0. The molecule has 0 aromatic carbocycles. The predicted octanol–water partition coefficient (Wildman–Crippen LogP) is 1.80. The highest BCUT2D eigenvalue weighted by atomic mass is 127. The summed E-state index contributed by atoms with van der Waals surface area (Å²) in [4.78, 5) is 9.34. The average Bonchev–Trinajstić information content (AvgIpc) is 2.88. The molecule has 1 aromatic rings. The van der Waals surface area contributed by atoms with E-state index in [1.54, 1.807) is 11.3 Å². The fourth-order valence-corrected chi connectivity index (χ4v) is 2.95. The van der Waals surface area contributed by atoms with Crippen LogP contribution in [-0.4, -0.2) is 50.3 Å². The second-order valence-electron chi connectivity index (χ2n) is 4.95. The molecular formula is C14H25IN4OS. The van der Waals surface area contributed by atoms with Gasteiger partial charge in [0.05, 0.1) is 19.8 Å². The fraction of sp³-hybridized carbons (Fsp3) is 0.643. The van der Waals surface area contributed by atoms with E-state index >= 15 is 0 Å². The van der Waals surface area contributed by atoms with Crippen molar-refractivity contribution in [3.63, 3.8) is 0 Å². The van der Waals surface area contributed by atoms with Gasteiger partial charge in [-0.2, -0.15) is 0 Å². The molecule has 2 heterocycles. The Bertz CT molecular complexity index is 432. The van der Waals surface area contributed by atoms with Gasteiger partial charge in [-0.1, -0.05) is 0 Å². The van der Waals surface area contributed by atoms with Crippen molar-refractivity contribution >= 4 is 41.3 Å². The Morgan fingerprint density at radius 3 is 2.86 bits per heavy atom. The van der Waals surface area contributed by atoms with Gasteiger partial charge in [-0.15, -0.1) is 35.3 Å². The van der Waals surface area contributed by atoms with E-state index in [1.807, 2.05) is 0 Å². The van der Waals surface area contributed by atoms with E-state index in [-0.39, 0.29) is 24.0 Å². The van der Waals surface area contributed by atoms with Gasteiger partial charge in [0.1, 0.15) is 0 Å². The maximum Gasteiger partial charge on any atom is 0.188 e. The molecule has 1 aliphatic rings. The Morgan fingerprint density at radius 1 is 1.43 bits per heavy atom. The summed E-state index contributed by atoms with van der Waals surface area (Å²) < 4.78 is 5.32. The first-order chi connectivity index (χ1) is 9.74. The van der Waals surface area contributed by atoms with Crippen LogP contribution in [0.3, 0.4) is 0 Å². The summed E-state index contributed by atoms with van der Waals surface area (Å²) in [6, 6.07) is 4.22. The molecule has 3 N–H and O–H groups in total. The molecule has 0 aliphatic carbocycles. The lowest BCUT2D eigenvalue weighted by Gasteiger charge is -2.26. The van der Waals surface area contributed by atoms with Gasteiger partial charge in [0.2, 0.25) is 0 Å². The van der Waals surface area contributed by atoms with Gasteiger partial charge in [-0.05, 0) is 32.0 Å².